The second-order valence-corrected chi connectivity index (χ2v) is 3.68. The quantitative estimate of drug-likeness (QED) is 0.653. The fourth-order valence-corrected chi connectivity index (χ4v) is 1.35. The van der Waals surface area contributed by atoms with E-state index in [1.807, 2.05) is 31.2 Å². The second kappa shape index (κ2) is 6.85. The molecule has 0 unspecified atom stereocenters. The summed E-state index contributed by atoms with van der Waals surface area (Å²) in [6.45, 7) is 3.80. The molecule has 0 atom stereocenters. The molecule has 0 spiro atoms. The van der Waals surface area contributed by atoms with Crippen molar-refractivity contribution in [1.82, 2.24) is 10.6 Å². The number of benzene rings is 1. The Balaban J connectivity index is 2.29. The van der Waals surface area contributed by atoms with Crippen molar-refractivity contribution in [3.8, 4) is 0 Å². The van der Waals surface area contributed by atoms with Crippen molar-refractivity contribution in [2.24, 2.45) is 5.73 Å². The average Bonchev–Trinajstić information content (AvgIpc) is 2.28. The van der Waals surface area contributed by atoms with E-state index in [2.05, 4.69) is 10.6 Å². The molecule has 0 saturated heterocycles. The molecule has 4 N–H and O–H groups in total. The van der Waals surface area contributed by atoms with Gasteiger partial charge in [-0.2, -0.15) is 0 Å². The van der Waals surface area contributed by atoms with Crippen LogP contribution < -0.4 is 16.4 Å². The van der Waals surface area contributed by atoms with Crippen molar-refractivity contribution in [2.75, 3.05) is 13.1 Å². The molecule has 0 heterocycles. The number of hydrogen-bond acceptors (Lipinski definition) is 2. The zero-order chi connectivity index (χ0) is 11.8. The summed E-state index contributed by atoms with van der Waals surface area (Å²) < 4.78 is 0. The first kappa shape index (κ1) is 12.5. The van der Waals surface area contributed by atoms with Gasteiger partial charge >= 0.3 is 6.03 Å². The van der Waals surface area contributed by atoms with E-state index in [9.17, 15) is 4.79 Å². The summed E-state index contributed by atoms with van der Waals surface area (Å²) in [5.41, 5.74) is 7.65. The SMILES string of the molecule is Cc1ccccc1CNC(=O)NCCCN. The van der Waals surface area contributed by atoms with E-state index < -0.39 is 0 Å². The van der Waals surface area contributed by atoms with Crippen LogP contribution in [0.3, 0.4) is 0 Å². The predicted octanol–water partition coefficient (Wildman–Crippen LogP) is 1.14. The van der Waals surface area contributed by atoms with Crippen LogP contribution in [0.2, 0.25) is 0 Å². The monoisotopic (exact) mass is 221 g/mol. The zero-order valence-electron chi connectivity index (χ0n) is 9.62. The Kier molecular flexibility index (Phi) is 5.36. The van der Waals surface area contributed by atoms with Gasteiger partial charge < -0.3 is 16.4 Å². The minimum absolute atomic E-state index is 0.142. The van der Waals surface area contributed by atoms with E-state index in [0.717, 1.165) is 12.0 Å². The van der Waals surface area contributed by atoms with Crippen molar-refractivity contribution in [3.63, 3.8) is 0 Å². The van der Waals surface area contributed by atoms with Gasteiger partial charge in [-0.15, -0.1) is 0 Å². The Morgan fingerprint density at radius 3 is 2.75 bits per heavy atom. The zero-order valence-corrected chi connectivity index (χ0v) is 9.62. The predicted molar refractivity (Wildman–Crippen MR) is 65.1 cm³/mol. The molecule has 0 radical (unpaired) electrons. The summed E-state index contributed by atoms with van der Waals surface area (Å²) >= 11 is 0. The summed E-state index contributed by atoms with van der Waals surface area (Å²) in [5.74, 6) is 0. The highest BCUT2D eigenvalue weighted by atomic mass is 16.2. The molecule has 16 heavy (non-hydrogen) atoms. The fourth-order valence-electron chi connectivity index (χ4n) is 1.35. The molecule has 0 aliphatic heterocycles. The number of nitrogens with two attached hydrogens (primary N) is 1. The fraction of sp³-hybridized carbons (Fsp3) is 0.417. The summed E-state index contributed by atoms with van der Waals surface area (Å²) in [5, 5.41) is 5.55. The smallest absolute Gasteiger partial charge is 0.315 e. The molecule has 1 rings (SSSR count). The van der Waals surface area contributed by atoms with Crippen LogP contribution in [0.5, 0.6) is 0 Å². The first-order valence-corrected chi connectivity index (χ1v) is 5.50. The van der Waals surface area contributed by atoms with Crippen molar-refractivity contribution in [3.05, 3.63) is 35.4 Å². The molecule has 1 aromatic rings. The van der Waals surface area contributed by atoms with Gasteiger partial charge in [-0.1, -0.05) is 24.3 Å². The summed E-state index contributed by atoms with van der Waals surface area (Å²) in [4.78, 5) is 11.3. The molecule has 2 amide bonds. The lowest BCUT2D eigenvalue weighted by Gasteiger charge is -2.08. The van der Waals surface area contributed by atoms with Crippen LogP contribution >= 0.6 is 0 Å². The number of urea groups is 1. The van der Waals surface area contributed by atoms with Crippen molar-refractivity contribution < 1.29 is 4.79 Å². The van der Waals surface area contributed by atoms with Crippen molar-refractivity contribution in [1.29, 1.82) is 0 Å². The maximum Gasteiger partial charge on any atom is 0.315 e. The lowest BCUT2D eigenvalue weighted by atomic mass is 10.1. The van der Waals surface area contributed by atoms with Crippen LogP contribution in [0, 0.1) is 6.92 Å². The van der Waals surface area contributed by atoms with Gasteiger partial charge in [0.1, 0.15) is 0 Å². The Hall–Kier alpha value is -1.55. The van der Waals surface area contributed by atoms with E-state index in [1.54, 1.807) is 0 Å². The molecule has 1 aromatic carbocycles. The Morgan fingerprint density at radius 2 is 2.06 bits per heavy atom. The standard InChI is InChI=1S/C12H19N3O/c1-10-5-2-3-6-11(10)9-15-12(16)14-8-4-7-13/h2-3,5-6H,4,7-9,13H2,1H3,(H2,14,15,16). The van der Waals surface area contributed by atoms with Gasteiger partial charge in [0, 0.05) is 13.1 Å². The van der Waals surface area contributed by atoms with Gasteiger partial charge in [0.2, 0.25) is 0 Å². The van der Waals surface area contributed by atoms with E-state index in [-0.39, 0.29) is 6.03 Å². The molecule has 0 aliphatic carbocycles. The third-order valence-corrected chi connectivity index (χ3v) is 2.37. The van der Waals surface area contributed by atoms with E-state index in [4.69, 9.17) is 5.73 Å². The van der Waals surface area contributed by atoms with Crippen LogP contribution in [-0.4, -0.2) is 19.1 Å². The minimum Gasteiger partial charge on any atom is -0.338 e. The Morgan fingerprint density at radius 1 is 1.31 bits per heavy atom. The molecular formula is C12H19N3O. The molecule has 0 bridgehead atoms. The molecular weight excluding hydrogens is 202 g/mol. The summed E-state index contributed by atoms with van der Waals surface area (Å²) in [6, 6.07) is 7.85. The molecule has 4 heteroatoms. The topological polar surface area (TPSA) is 67.2 Å². The van der Waals surface area contributed by atoms with Gasteiger partial charge in [-0.05, 0) is 31.0 Å². The van der Waals surface area contributed by atoms with E-state index >= 15 is 0 Å². The largest absolute Gasteiger partial charge is 0.338 e. The van der Waals surface area contributed by atoms with E-state index in [0.29, 0.717) is 19.6 Å². The highest BCUT2D eigenvalue weighted by Crippen LogP contribution is 2.05. The molecule has 0 fully saturated rings. The highest BCUT2D eigenvalue weighted by molar-refractivity contribution is 5.73. The molecule has 0 saturated carbocycles. The first-order chi connectivity index (χ1) is 7.74. The number of nitrogens with one attached hydrogen (secondary N) is 2. The van der Waals surface area contributed by atoms with Crippen LogP contribution in [0.1, 0.15) is 17.5 Å². The van der Waals surface area contributed by atoms with Crippen molar-refractivity contribution in [2.45, 2.75) is 19.9 Å². The lowest BCUT2D eigenvalue weighted by Crippen LogP contribution is -2.36. The second-order valence-electron chi connectivity index (χ2n) is 3.68. The molecule has 0 aromatic heterocycles. The van der Waals surface area contributed by atoms with Crippen LogP contribution in [0.15, 0.2) is 24.3 Å². The van der Waals surface area contributed by atoms with E-state index in [1.165, 1.54) is 5.56 Å². The normalized spacial score (nSPS) is 9.88. The van der Waals surface area contributed by atoms with Gasteiger partial charge in [0.15, 0.2) is 0 Å². The third kappa shape index (κ3) is 4.31. The average molecular weight is 221 g/mol. The number of carbonyl (C=O) groups is 1. The summed E-state index contributed by atoms with van der Waals surface area (Å²) in [7, 11) is 0. The van der Waals surface area contributed by atoms with Crippen molar-refractivity contribution >= 4 is 6.03 Å². The van der Waals surface area contributed by atoms with Gasteiger partial charge in [0.25, 0.3) is 0 Å². The maximum atomic E-state index is 11.3. The number of carbonyl (C=O) groups excluding carboxylic acids is 1. The lowest BCUT2D eigenvalue weighted by molar-refractivity contribution is 0.240. The maximum absolute atomic E-state index is 11.3. The number of rotatable bonds is 5. The first-order valence-electron chi connectivity index (χ1n) is 5.50. The number of amides is 2. The van der Waals surface area contributed by atoms with Crippen LogP contribution in [0.25, 0.3) is 0 Å². The Bertz CT molecular complexity index is 339. The van der Waals surface area contributed by atoms with Gasteiger partial charge in [-0.25, -0.2) is 4.79 Å². The number of aryl methyl sites for hydroxylation is 1. The highest BCUT2D eigenvalue weighted by Gasteiger charge is 2.00. The minimum atomic E-state index is -0.142. The molecule has 88 valence electrons. The Labute approximate surface area is 96.2 Å². The molecule has 0 aliphatic rings. The molecule has 4 nitrogen and oxygen atoms in total. The van der Waals surface area contributed by atoms with Crippen LogP contribution in [0.4, 0.5) is 4.79 Å². The van der Waals surface area contributed by atoms with Crippen LogP contribution in [-0.2, 0) is 6.54 Å². The third-order valence-electron chi connectivity index (χ3n) is 2.37. The number of hydrogen-bond donors (Lipinski definition) is 3. The summed E-state index contributed by atoms with van der Waals surface area (Å²) in [6.07, 6.45) is 0.803. The van der Waals surface area contributed by atoms with Gasteiger partial charge in [-0.3, -0.25) is 0 Å². The van der Waals surface area contributed by atoms with Gasteiger partial charge in [0.05, 0.1) is 0 Å².